The lowest BCUT2D eigenvalue weighted by atomic mass is 10.0. The summed E-state index contributed by atoms with van der Waals surface area (Å²) in [6.45, 7) is 6.10. The number of nitrogens with one attached hydrogen (secondary N) is 1. The molecule has 0 bridgehead atoms. The quantitative estimate of drug-likeness (QED) is 0.871. The number of methoxy groups -OCH3 is 1. The van der Waals surface area contributed by atoms with E-state index in [0.29, 0.717) is 40.8 Å². The van der Waals surface area contributed by atoms with Crippen molar-refractivity contribution in [3.63, 3.8) is 0 Å². The summed E-state index contributed by atoms with van der Waals surface area (Å²) in [5.74, 6) is 0.870. The highest BCUT2D eigenvalue weighted by atomic mass is 16.5. The van der Waals surface area contributed by atoms with Crippen LogP contribution in [0.1, 0.15) is 42.9 Å². The molecular weight excluding hydrogens is 306 g/mol. The molecule has 1 fully saturated rings. The van der Waals surface area contributed by atoms with Gasteiger partial charge in [-0.15, -0.1) is 0 Å². The molecule has 6 heteroatoms. The minimum Gasteiger partial charge on any atom is -0.465 e. The average Bonchev–Trinajstić information content (AvgIpc) is 2.93. The number of carbonyl (C=O) groups excluding carboxylic acids is 1. The van der Waals surface area contributed by atoms with Crippen LogP contribution in [0.4, 0.5) is 0 Å². The highest BCUT2D eigenvalue weighted by Gasteiger charge is 2.29. The van der Waals surface area contributed by atoms with Crippen LogP contribution in [0.3, 0.4) is 0 Å². The molecule has 3 rings (SSSR count). The summed E-state index contributed by atoms with van der Waals surface area (Å²) in [6.07, 6.45) is 2.26. The molecule has 0 amide bonds. The van der Waals surface area contributed by atoms with E-state index in [0.717, 1.165) is 13.0 Å². The van der Waals surface area contributed by atoms with Crippen LogP contribution in [-0.4, -0.2) is 40.5 Å². The number of hydrogen-bond acceptors (Lipinski definition) is 5. The predicted octanol–water partition coefficient (Wildman–Crippen LogP) is 2.33. The Morgan fingerprint density at radius 1 is 1.46 bits per heavy atom. The van der Waals surface area contributed by atoms with Crippen molar-refractivity contribution < 1.29 is 9.53 Å². The lowest BCUT2D eigenvalue weighted by molar-refractivity contribution is 0.0601. The summed E-state index contributed by atoms with van der Waals surface area (Å²) >= 11 is 0. The summed E-state index contributed by atoms with van der Waals surface area (Å²) < 4.78 is 4.73. The lowest BCUT2D eigenvalue weighted by Crippen LogP contribution is -2.32. The standard InChI is InChI=1S/C18H23N3O3/c1-4-15-11(2)7-8-21(15)10-16-19-14-9-12(18(23)24-3)5-6-13(14)17(22)20-16/h5-6,9,11,15H,4,7-8,10H2,1-3H3,(H,19,20,22)/t11-,15-/m1/s1. The maximum atomic E-state index is 12.3. The summed E-state index contributed by atoms with van der Waals surface area (Å²) in [5, 5.41) is 0.480. The molecule has 24 heavy (non-hydrogen) atoms. The van der Waals surface area contributed by atoms with Gasteiger partial charge in [0, 0.05) is 6.04 Å². The normalized spacial score (nSPS) is 21.3. The number of aromatic amines is 1. The van der Waals surface area contributed by atoms with Crippen molar-refractivity contribution in [3.8, 4) is 0 Å². The van der Waals surface area contributed by atoms with Gasteiger partial charge in [-0.25, -0.2) is 9.78 Å². The van der Waals surface area contributed by atoms with E-state index in [2.05, 4.69) is 28.7 Å². The first-order valence-corrected chi connectivity index (χ1v) is 8.38. The SMILES string of the molecule is CC[C@@H]1[C@H](C)CCN1Cc1nc2cc(C(=O)OC)ccc2c(=O)[nH]1. The number of aromatic nitrogens is 2. The lowest BCUT2D eigenvalue weighted by Gasteiger charge is -2.25. The number of hydrogen-bond donors (Lipinski definition) is 1. The maximum Gasteiger partial charge on any atom is 0.337 e. The van der Waals surface area contributed by atoms with Gasteiger partial charge in [-0.2, -0.15) is 0 Å². The second-order valence-corrected chi connectivity index (χ2v) is 6.45. The van der Waals surface area contributed by atoms with Crippen molar-refractivity contribution in [2.75, 3.05) is 13.7 Å². The van der Waals surface area contributed by atoms with E-state index < -0.39 is 5.97 Å². The molecule has 2 aromatic rings. The molecule has 2 heterocycles. The number of carbonyl (C=O) groups is 1. The van der Waals surface area contributed by atoms with E-state index in [9.17, 15) is 9.59 Å². The Labute approximate surface area is 140 Å². The highest BCUT2D eigenvalue weighted by molar-refractivity contribution is 5.93. The molecule has 0 saturated carbocycles. The predicted molar refractivity (Wildman–Crippen MR) is 92.0 cm³/mol. The van der Waals surface area contributed by atoms with Crippen LogP contribution >= 0.6 is 0 Å². The van der Waals surface area contributed by atoms with Crippen LogP contribution in [0.2, 0.25) is 0 Å². The van der Waals surface area contributed by atoms with Crippen LogP contribution in [0, 0.1) is 5.92 Å². The van der Waals surface area contributed by atoms with Crippen LogP contribution in [0.5, 0.6) is 0 Å². The van der Waals surface area contributed by atoms with E-state index >= 15 is 0 Å². The van der Waals surface area contributed by atoms with Gasteiger partial charge in [-0.05, 0) is 43.5 Å². The summed E-state index contributed by atoms with van der Waals surface area (Å²) in [4.78, 5) is 33.8. The van der Waals surface area contributed by atoms with Gasteiger partial charge < -0.3 is 9.72 Å². The number of esters is 1. The monoisotopic (exact) mass is 329 g/mol. The van der Waals surface area contributed by atoms with Crippen molar-refractivity contribution >= 4 is 16.9 Å². The number of likely N-dealkylation sites (tertiary alicyclic amines) is 1. The van der Waals surface area contributed by atoms with Crippen LogP contribution < -0.4 is 5.56 Å². The van der Waals surface area contributed by atoms with Crippen LogP contribution in [0.25, 0.3) is 10.9 Å². The fourth-order valence-corrected chi connectivity index (χ4v) is 3.64. The summed E-state index contributed by atoms with van der Waals surface area (Å²) in [5.41, 5.74) is 0.749. The second-order valence-electron chi connectivity index (χ2n) is 6.45. The Morgan fingerprint density at radius 3 is 2.96 bits per heavy atom. The van der Waals surface area contributed by atoms with Gasteiger partial charge in [0.05, 0.1) is 30.1 Å². The zero-order chi connectivity index (χ0) is 17.3. The van der Waals surface area contributed by atoms with Gasteiger partial charge in [-0.3, -0.25) is 9.69 Å². The average molecular weight is 329 g/mol. The smallest absolute Gasteiger partial charge is 0.337 e. The molecule has 1 aromatic heterocycles. The zero-order valence-electron chi connectivity index (χ0n) is 14.3. The minimum atomic E-state index is -0.431. The molecule has 6 nitrogen and oxygen atoms in total. The molecule has 0 unspecified atom stereocenters. The highest BCUT2D eigenvalue weighted by Crippen LogP contribution is 2.27. The number of fused-ring (bicyclic) bond motifs is 1. The topological polar surface area (TPSA) is 75.3 Å². The first-order valence-electron chi connectivity index (χ1n) is 8.38. The molecule has 1 N–H and O–H groups in total. The molecule has 0 aliphatic carbocycles. The van der Waals surface area contributed by atoms with Crippen molar-refractivity contribution in [2.45, 2.75) is 39.3 Å². The minimum absolute atomic E-state index is 0.174. The van der Waals surface area contributed by atoms with Crippen LogP contribution in [-0.2, 0) is 11.3 Å². The third kappa shape index (κ3) is 3.06. The van der Waals surface area contributed by atoms with E-state index in [1.165, 1.54) is 13.5 Å². The first kappa shape index (κ1) is 16.6. The number of benzene rings is 1. The first-order chi connectivity index (χ1) is 11.5. The van der Waals surface area contributed by atoms with Crippen molar-refractivity contribution in [1.82, 2.24) is 14.9 Å². The fraction of sp³-hybridized carbons (Fsp3) is 0.500. The van der Waals surface area contributed by atoms with Gasteiger partial charge in [0.15, 0.2) is 0 Å². The maximum absolute atomic E-state index is 12.3. The van der Waals surface area contributed by atoms with Gasteiger partial charge in [0.25, 0.3) is 5.56 Å². The number of rotatable bonds is 4. The second kappa shape index (κ2) is 6.73. The Morgan fingerprint density at radius 2 is 2.25 bits per heavy atom. The van der Waals surface area contributed by atoms with E-state index in [-0.39, 0.29) is 5.56 Å². The molecule has 1 saturated heterocycles. The van der Waals surface area contributed by atoms with E-state index in [1.807, 2.05) is 0 Å². The fourth-order valence-electron chi connectivity index (χ4n) is 3.64. The zero-order valence-corrected chi connectivity index (χ0v) is 14.3. The molecule has 2 atom stereocenters. The van der Waals surface area contributed by atoms with Crippen molar-refractivity contribution in [3.05, 3.63) is 39.9 Å². The third-order valence-electron chi connectivity index (χ3n) is 4.95. The van der Waals surface area contributed by atoms with Gasteiger partial charge in [0.2, 0.25) is 0 Å². The van der Waals surface area contributed by atoms with Crippen molar-refractivity contribution in [1.29, 1.82) is 0 Å². The molecule has 1 aliphatic heterocycles. The molecule has 0 spiro atoms. The summed E-state index contributed by atoms with van der Waals surface area (Å²) in [7, 11) is 1.34. The van der Waals surface area contributed by atoms with Gasteiger partial charge in [-0.1, -0.05) is 13.8 Å². The van der Waals surface area contributed by atoms with Gasteiger partial charge >= 0.3 is 5.97 Å². The molecule has 1 aliphatic rings. The molecule has 0 radical (unpaired) electrons. The van der Waals surface area contributed by atoms with E-state index in [1.54, 1.807) is 18.2 Å². The molecule has 1 aromatic carbocycles. The number of H-pyrrole nitrogens is 1. The Balaban J connectivity index is 1.94. The van der Waals surface area contributed by atoms with Gasteiger partial charge in [0.1, 0.15) is 5.82 Å². The Kier molecular flexibility index (Phi) is 4.66. The van der Waals surface area contributed by atoms with Crippen molar-refractivity contribution in [2.24, 2.45) is 5.92 Å². The number of nitrogens with zero attached hydrogens (tertiary/aromatic N) is 2. The molecular formula is C18H23N3O3. The largest absolute Gasteiger partial charge is 0.465 e. The summed E-state index contributed by atoms with van der Waals surface area (Å²) in [6, 6.07) is 5.33. The Hall–Kier alpha value is -2.21. The third-order valence-corrected chi connectivity index (χ3v) is 4.95. The van der Waals surface area contributed by atoms with E-state index in [4.69, 9.17) is 4.74 Å². The number of ether oxygens (including phenoxy) is 1. The molecule has 128 valence electrons. The van der Waals surface area contributed by atoms with Crippen LogP contribution in [0.15, 0.2) is 23.0 Å². The Bertz CT molecular complexity index is 815.